The SMILES string of the molecule is COc1cc(-c2cc3sc(C)c(C)c3s2)c(OC)cc1-c1cc2sc(C)c(C)c2s1. The van der Waals surface area contributed by atoms with Crippen LogP contribution in [0.2, 0.25) is 0 Å². The van der Waals surface area contributed by atoms with Crippen molar-refractivity contribution in [3.8, 4) is 32.4 Å². The maximum atomic E-state index is 5.85. The van der Waals surface area contributed by atoms with E-state index in [1.54, 1.807) is 14.2 Å². The second-order valence-electron chi connectivity index (χ2n) is 7.43. The number of aryl methyl sites for hydroxylation is 4. The van der Waals surface area contributed by atoms with Crippen LogP contribution in [0.1, 0.15) is 20.9 Å². The Hall–Kier alpha value is -1.86. The summed E-state index contributed by atoms with van der Waals surface area (Å²) in [5.74, 6) is 1.78. The van der Waals surface area contributed by atoms with Crippen molar-refractivity contribution in [1.29, 1.82) is 0 Å². The monoisotopic (exact) mass is 470 g/mol. The summed E-state index contributed by atoms with van der Waals surface area (Å²) in [6.07, 6.45) is 0. The highest BCUT2D eigenvalue weighted by Crippen LogP contribution is 2.49. The molecule has 5 aromatic rings. The van der Waals surface area contributed by atoms with Crippen LogP contribution >= 0.6 is 45.3 Å². The molecule has 0 amide bonds. The van der Waals surface area contributed by atoms with E-state index in [2.05, 4.69) is 52.0 Å². The van der Waals surface area contributed by atoms with E-state index in [-0.39, 0.29) is 0 Å². The van der Waals surface area contributed by atoms with Crippen molar-refractivity contribution >= 4 is 64.1 Å². The number of hydrogen-bond acceptors (Lipinski definition) is 6. The molecular weight excluding hydrogens is 449 g/mol. The first-order chi connectivity index (χ1) is 14.4. The third kappa shape index (κ3) is 3.01. The maximum Gasteiger partial charge on any atom is 0.128 e. The van der Waals surface area contributed by atoms with Crippen LogP contribution in [0.5, 0.6) is 11.5 Å². The van der Waals surface area contributed by atoms with Gasteiger partial charge >= 0.3 is 0 Å². The standard InChI is InChI=1S/C24H22O2S4/c1-11-13(3)27-21-9-19(29-23(11)21)15-7-18(26-6)16(8-17(15)25-5)20-10-22-24(30-20)12(2)14(4)28-22/h7-10H,1-6H3. The molecule has 4 heterocycles. The van der Waals surface area contributed by atoms with Gasteiger partial charge in [-0.05, 0) is 63.1 Å². The normalized spacial score (nSPS) is 11.7. The van der Waals surface area contributed by atoms with E-state index < -0.39 is 0 Å². The molecule has 5 rings (SSSR count). The fraction of sp³-hybridized carbons (Fsp3) is 0.250. The minimum absolute atomic E-state index is 0.888. The summed E-state index contributed by atoms with van der Waals surface area (Å²) in [4.78, 5) is 5.23. The van der Waals surface area contributed by atoms with E-state index >= 15 is 0 Å². The molecule has 0 saturated heterocycles. The molecule has 4 aromatic heterocycles. The van der Waals surface area contributed by atoms with Crippen molar-refractivity contribution in [3.63, 3.8) is 0 Å². The molecule has 0 saturated carbocycles. The molecular formula is C24H22O2S4. The summed E-state index contributed by atoms with van der Waals surface area (Å²) in [5.41, 5.74) is 4.96. The molecule has 6 heteroatoms. The van der Waals surface area contributed by atoms with E-state index in [1.807, 2.05) is 45.3 Å². The van der Waals surface area contributed by atoms with E-state index in [4.69, 9.17) is 9.47 Å². The summed E-state index contributed by atoms with van der Waals surface area (Å²) in [7, 11) is 3.50. The van der Waals surface area contributed by atoms with Crippen molar-refractivity contribution in [1.82, 2.24) is 0 Å². The van der Waals surface area contributed by atoms with Crippen molar-refractivity contribution < 1.29 is 9.47 Å². The van der Waals surface area contributed by atoms with Crippen molar-refractivity contribution in [2.45, 2.75) is 27.7 Å². The predicted molar refractivity (Wildman–Crippen MR) is 136 cm³/mol. The van der Waals surface area contributed by atoms with Gasteiger partial charge in [-0.1, -0.05) is 0 Å². The number of thiophene rings is 4. The lowest BCUT2D eigenvalue weighted by Crippen LogP contribution is -1.92. The zero-order valence-corrected chi connectivity index (χ0v) is 21.0. The number of methoxy groups -OCH3 is 2. The van der Waals surface area contributed by atoms with Gasteiger partial charge in [-0.2, -0.15) is 0 Å². The first-order valence-corrected chi connectivity index (χ1v) is 12.9. The topological polar surface area (TPSA) is 18.5 Å². The quantitative estimate of drug-likeness (QED) is 0.261. The second kappa shape index (κ2) is 7.38. The van der Waals surface area contributed by atoms with Gasteiger partial charge in [-0.3, -0.25) is 0 Å². The Morgan fingerprint density at radius 1 is 0.567 bits per heavy atom. The smallest absolute Gasteiger partial charge is 0.128 e. The van der Waals surface area contributed by atoms with E-state index in [1.165, 1.54) is 49.4 Å². The van der Waals surface area contributed by atoms with E-state index in [9.17, 15) is 0 Å². The van der Waals surface area contributed by atoms with Crippen LogP contribution in [0.3, 0.4) is 0 Å². The van der Waals surface area contributed by atoms with Crippen LogP contribution < -0.4 is 9.47 Å². The minimum atomic E-state index is 0.888. The molecule has 0 aliphatic rings. The first kappa shape index (κ1) is 20.1. The van der Waals surface area contributed by atoms with Crippen LogP contribution in [0.25, 0.3) is 39.7 Å². The Bertz CT molecular complexity index is 1300. The van der Waals surface area contributed by atoms with Crippen LogP contribution in [0, 0.1) is 27.7 Å². The highest BCUT2D eigenvalue weighted by molar-refractivity contribution is 7.30. The summed E-state index contributed by atoms with van der Waals surface area (Å²) >= 11 is 7.40. The summed E-state index contributed by atoms with van der Waals surface area (Å²) in [5, 5.41) is 0. The average Bonchev–Trinajstić information content (AvgIpc) is 3.46. The molecule has 0 atom stereocenters. The number of hydrogen-bond donors (Lipinski definition) is 0. The van der Waals surface area contributed by atoms with E-state index in [0.717, 1.165) is 22.6 Å². The van der Waals surface area contributed by atoms with Gasteiger partial charge in [0.2, 0.25) is 0 Å². The van der Waals surface area contributed by atoms with Crippen LogP contribution in [0.15, 0.2) is 24.3 Å². The lowest BCUT2D eigenvalue weighted by Gasteiger charge is -2.13. The molecule has 30 heavy (non-hydrogen) atoms. The Kier molecular flexibility index (Phi) is 4.93. The zero-order chi connectivity index (χ0) is 21.2. The zero-order valence-electron chi connectivity index (χ0n) is 17.8. The molecule has 1 aromatic carbocycles. The Labute approximate surface area is 192 Å². The van der Waals surface area contributed by atoms with Gasteiger partial charge in [-0.15, -0.1) is 45.3 Å². The first-order valence-electron chi connectivity index (χ1n) is 9.67. The molecule has 0 unspecified atom stereocenters. The molecule has 0 spiro atoms. The lowest BCUT2D eigenvalue weighted by molar-refractivity contribution is 0.406. The minimum Gasteiger partial charge on any atom is -0.496 e. The van der Waals surface area contributed by atoms with Crippen LogP contribution in [-0.2, 0) is 0 Å². The number of benzene rings is 1. The second-order valence-corrected chi connectivity index (χ2v) is 12.0. The maximum absolute atomic E-state index is 5.85. The van der Waals surface area contributed by atoms with Gasteiger partial charge in [0, 0.05) is 49.4 Å². The highest BCUT2D eigenvalue weighted by atomic mass is 32.1. The Morgan fingerprint density at radius 2 is 0.967 bits per heavy atom. The fourth-order valence-electron chi connectivity index (χ4n) is 3.77. The Morgan fingerprint density at radius 3 is 1.30 bits per heavy atom. The summed E-state index contributed by atoms with van der Waals surface area (Å²) in [6, 6.07) is 8.85. The van der Waals surface area contributed by atoms with E-state index in [0.29, 0.717) is 0 Å². The van der Waals surface area contributed by atoms with Crippen molar-refractivity contribution in [3.05, 3.63) is 45.1 Å². The van der Waals surface area contributed by atoms with Gasteiger partial charge in [0.25, 0.3) is 0 Å². The molecule has 2 nitrogen and oxygen atoms in total. The molecule has 0 radical (unpaired) electrons. The van der Waals surface area contributed by atoms with Crippen LogP contribution in [-0.4, -0.2) is 14.2 Å². The summed E-state index contributed by atoms with van der Waals surface area (Å²) in [6.45, 7) is 8.81. The fourth-order valence-corrected chi connectivity index (χ4v) is 8.83. The number of ether oxygens (including phenoxy) is 2. The lowest BCUT2D eigenvalue weighted by atomic mass is 10.1. The van der Waals surface area contributed by atoms with Gasteiger partial charge in [0.1, 0.15) is 11.5 Å². The number of fused-ring (bicyclic) bond motifs is 2. The Balaban J connectivity index is 1.67. The molecule has 154 valence electrons. The van der Waals surface area contributed by atoms with Gasteiger partial charge in [-0.25, -0.2) is 0 Å². The van der Waals surface area contributed by atoms with Gasteiger partial charge in [0.05, 0.1) is 14.2 Å². The molecule has 0 aliphatic carbocycles. The summed E-state index contributed by atoms with van der Waals surface area (Å²) < 4.78 is 17.1. The highest BCUT2D eigenvalue weighted by Gasteiger charge is 2.20. The van der Waals surface area contributed by atoms with Crippen molar-refractivity contribution in [2.75, 3.05) is 14.2 Å². The largest absolute Gasteiger partial charge is 0.496 e. The third-order valence-electron chi connectivity index (χ3n) is 5.71. The number of rotatable bonds is 4. The molecule has 0 aliphatic heterocycles. The third-order valence-corrected chi connectivity index (χ3v) is 10.9. The average molecular weight is 471 g/mol. The molecule has 0 N–H and O–H groups in total. The van der Waals surface area contributed by atoms with Gasteiger partial charge in [0.15, 0.2) is 0 Å². The van der Waals surface area contributed by atoms with Gasteiger partial charge < -0.3 is 9.47 Å². The molecule has 0 fully saturated rings. The van der Waals surface area contributed by atoms with Crippen molar-refractivity contribution in [2.24, 2.45) is 0 Å². The predicted octanol–water partition coefficient (Wildman–Crippen LogP) is 8.82. The van der Waals surface area contributed by atoms with Crippen LogP contribution in [0.4, 0.5) is 0 Å². The molecule has 0 bridgehead atoms.